The first-order chi connectivity index (χ1) is 15.1. The molecule has 31 heavy (non-hydrogen) atoms. The van der Waals surface area contributed by atoms with Gasteiger partial charge < -0.3 is 20.1 Å². The molecule has 0 atom stereocenters. The van der Waals surface area contributed by atoms with Gasteiger partial charge in [0.15, 0.2) is 5.82 Å². The highest BCUT2D eigenvalue weighted by Crippen LogP contribution is 2.37. The van der Waals surface area contributed by atoms with E-state index in [1.54, 1.807) is 0 Å². The molecule has 2 aliphatic heterocycles. The second kappa shape index (κ2) is 9.65. The van der Waals surface area contributed by atoms with Crippen LogP contribution in [0.15, 0.2) is 30.3 Å². The molecule has 0 radical (unpaired) electrons. The van der Waals surface area contributed by atoms with Crippen LogP contribution < -0.4 is 10.6 Å². The first kappa shape index (κ1) is 21.6. The van der Waals surface area contributed by atoms with Crippen LogP contribution in [0.25, 0.3) is 0 Å². The van der Waals surface area contributed by atoms with Crippen LogP contribution in [-0.2, 0) is 22.5 Å². The number of fused-ring (bicyclic) bond motifs is 1. The molecule has 1 saturated heterocycles. The van der Waals surface area contributed by atoms with Gasteiger partial charge in [0.25, 0.3) is 0 Å². The number of anilines is 3. The van der Waals surface area contributed by atoms with Crippen LogP contribution in [0.5, 0.6) is 0 Å². The molecule has 0 bridgehead atoms. The fraction of sp³-hybridized carbons (Fsp3) is 0.500. The Hall–Kier alpha value is -2.66. The number of nitrogens with zero attached hydrogens (tertiary/aromatic N) is 3. The third-order valence-corrected chi connectivity index (χ3v) is 5.82. The molecule has 1 fully saturated rings. The maximum atomic E-state index is 9.96. The van der Waals surface area contributed by atoms with Gasteiger partial charge in [-0.15, -0.1) is 0 Å². The summed E-state index contributed by atoms with van der Waals surface area (Å²) in [5.41, 5.74) is 3.24. The molecule has 2 N–H and O–H groups in total. The number of morpholine rings is 1. The standard InChI is InChI=1S/C24H31N5O2/c1-24(2)15-19-20(16-25)23(27-18-7-4-3-5-8-18)28-22(21(19)17-31-24)26-9-6-10-29-11-13-30-14-12-29/h3-5,7-8H,6,9-15,17H2,1-2H3,(H2,26,27,28). The lowest BCUT2D eigenvalue weighted by atomic mass is 9.89. The maximum Gasteiger partial charge on any atom is 0.151 e. The van der Waals surface area contributed by atoms with Gasteiger partial charge in [0, 0.05) is 37.3 Å². The fourth-order valence-electron chi connectivity index (χ4n) is 4.12. The summed E-state index contributed by atoms with van der Waals surface area (Å²) in [5, 5.41) is 16.8. The first-order valence-corrected chi connectivity index (χ1v) is 11.0. The summed E-state index contributed by atoms with van der Waals surface area (Å²) < 4.78 is 11.5. The Kier molecular flexibility index (Phi) is 6.71. The van der Waals surface area contributed by atoms with Crippen molar-refractivity contribution in [2.24, 2.45) is 0 Å². The lowest BCUT2D eigenvalue weighted by Gasteiger charge is -2.34. The van der Waals surface area contributed by atoms with Crippen LogP contribution in [0.4, 0.5) is 17.3 Å². The van der Waals surface area contributed by atoms with Crippen molar-refractivity contribution < 1.29 is 9.47 Å². The minimum atomic E-state index is -0.308. The summed E-state index contributed by atoms with van der Waals surface area (Å²) in [4.78, 5) is 7.26. The third-order valence-electron chi connectivity index (χ3n) is 5.82. The average molecular weight is 422 g/mol. The van der Waals surface area contributed by atoms with Crippen molar-refractivity contribution in [1.82, 2.24) is 9.88 Å². The van der Waals surface area contributed by atoms with Crippen LogP contribution >= 0.6 is 0 Å². The molecule has 1 aromatic carbocycles. The van der Waals surface area contributed by atoms with E-state index in [4.69, 9.17) is 14.5 Å². The van der Waals surface area contributed by atoms with E-state index in [1.807, 2.05) is 30.3 Å². The van der Waals surface area contributed by atoms with Crippen molar-refractivity contribution in [2.75, 3.05) is 50.0 Å². The smallest absolute Gasteiger partial charge is 0.151 e. The summed E-state index contributed by atoms with van der Waals surface area (Å²) in [7, 11) is 0. The molecule has 2 aromatic rings. The number of nitrogens with one attached hydrogen (secondary N) is 2. The van der Waals surface area contributed by atoms with E-state index in [9.17, 15) is 5.26 Å². The van der Waals surface area contributed by atoms with Crippen molar-refractivity contribution >= 4 is 17.3 Å². The van der Waals surface area contributed by atoms with E-state index in [1.165, 1.54) is 0 Å². The molecule has 1 aromatic heterocycles. The predicted octanol–water partition coefficient (Wildman–Crippen LogP) is 3.68. The predicted molar refractivity (Wildman–Crippen MR) is 122 cm³/mol. The van der Waals surface area contributed by atoms with Gasteiger partial charge in [-0.25, -0.2) is 4.98 Å². The maximum absolute atomic E-state index is 9.96. The van der Waals surface area contributed by atoms with Crippen molar-refractivity contribution in [3.8, 4) is 6.07 Å². The van der Waals surface area contributed by atoms with E-state index in [-0.39, 0.29) is 5.60 Å². The highest BCUT2D eigenvalue weighted by Gasteiger charge is 2.32. The summed E-state index contributed by atoms with van der Waals surface area (Å²) in [6.07, 6.45) is 1.70. The molecule has 0 aliphatic carbocycles. The lowest BCUT2D eigenvalue weighted by Crippen LogP contribution is -2.37. The molecule has 0 unspecified atom stereocenters. The summed E-state index contributed by atoms with van der Waals surface area (Å²) in [6, 6.07) is 12.3. The third kappa shape index (κ3) is 5.34. The minimum absolute atomic E-state index is 0.308. The average Bonchev–Trinajstić information content (AvgIpc) is 2.77. The Morgan fingerprint density at radius 3 is 2.65 bits per heavy atom. The molecular formula is C24H31N5O2. The van der Waals surface area contributed by atoms with Crippen molar-refractivity contribution in [2.45, 2.75) is 38.9 Å². The molecule has 7 nitrogen and oxygen atoms in total. The molecule has 0 amide bonds. The number of aromatic nitrogens is 1. The number of nitriles is 1. The van der Waals surface area contributed by atoms with E-state index in [0.717, 1.165) is 68.4 Å². The molecule has 3 heterocycles. The van der Waals surface area contributed by atoms with Crippen LogP contribution in [0.2, 0.25) is 0 Å². The summed E-state index contributed by atoms with van der Waals surface area (Å²) in [6.45, 7) is 10.1. The molecule has 7 heteroatoms. The van der Waals surface area contributed by atoms with Gasteiger partial charge in [-0.1, -0.05) is 18.2 Å². The number of ether oxygens (including phenoxy) is 2. The molecule has 164 valence electrons. The fourth-order valence-corrected chi connectivity index (χ4v) is 4.12. The van der Waals surface area contributed by atoms with Crippen molar-refractivity contribution in [3.05, 3.63) is 47.0 Å². The summed E-state index contributed by atoms with van der Waals surface area (Å²) in [5.74, 6) is 1.41. The number of rotatable bonds is 7. The Labute approximate surface area is 184 Å². The Morgan fingerprint density at radius 1 is 1.13 bits per heavy atom. The van der Waals surface area contributed by atoms with Crippen LogP contribution in [0.3, 0.4) is 0 Å². The van der Waals surface area contributed by atoms with E-state index >= 15 is 0 Å². The second-order valence-electron chi connectivity index (χ2n) is 8.70. The summed E-state index contributed by atoms with van der Waals surface area (Å²) >= 11 is 0. The number of pyridine rings is 1. The molecule has 0 spiro atoms. The van der Waals surface area contributed by atoms with Gasteiger partial charge in [-0.3, -0.25) is 4.90 Å². The van der Waals surface area contributed by atoms with E-state index in [2.05, 4.69) is 35.5 Å². The Morgan fingerprint density at radius 2 is 1.90 bits per heavy atom. The molecule has 0 saturated carbocycles. The van der Waals surface area contributed by atoms with E-state index < -0.39 is 0 Å². The zero-order chi connectivity index (χ0) is 21.7. The monoisotopic (exact) mass is 421 g/mol. The van der Waals surface area contributed by atoms with Crippen molar-refractivity contribution in [3.63, 3.8) is 0 Å². The van der Waals surface area contributed by atoms with Gasteiger partial charge >= 0.3 is 0 Å². The molecular weight excluding hydrogens is 390 g/mol. The first-order valence-electron chi connectivity index (χ1n) is 11.0. The normalized spacial score (nSPS) is 18.1. The SMILES string of the molecule is CC1(C)Cc2c(C#N)c(Nc3ccccc3)nc(NCCCN3CCOCC3)c2CO1. The van der Waals surface area contributed by atoms with Crippen molar-refractivity contribution in [1.29, 1.82) is 5.26 Å². The van der Waals surface area contributed by atoms with Gasteiger partial charge in [0.05, 0.1) is 31.0 Å². The van der Waals surface area contributed by atoms with Crippen LogP contribution in [0, 0.1) is 11.3 Å². The number of benzene rings is 1. The second-order valence-corrected chi connectivity index (χ2v) is 8.70. The molecule has 2 aliphatic rings. The quantitative estimate of drug-likeness (QED) is 0.660. The zero-order valence-electron chi connectivity index (χ0n) is 18.4. The van der Waals surface area contributed by atoms with Crippen LogP contribution in [-0.4, -0.2) is 54.9 Å². The van der Waals surface area contributed by atoms with Crippen LogP contribution in [0.1, 0.15) is 37.0 Å². The van der Waals surface area contributed by atoms with Gasteiger partial charge in [-0.2, -0.15) is 5.26 Å². The van der Waals surface area contributed by atoms with Gasteiger partial charge in [-0.05, 0) is 44.5 Å². The number of hydrogen-bond acceptors (Lipinski definition) is 7. The lowest BCUT2D eigenvalue weighted by molar-refractivity contribution is -0.0399. The topological polar surface area (TPSA) is 82.4 Å². The van der Waals surface area contributed by atoms with E-state index in [0.29, 0.717) is 24.4 Å². The van der Waals surface area contributed by atoms with Gasteiger partial charge in [0.2, 0.25) is 0 Å². The Balaban J connectivity index is 1.56. The highest BCUT2D eigenvalue weighted by atomic mass is 16.5. The Bertz CT molecular complexity index is 933. The number of hydrogen-bond donors (Lipinski definition) is 2. The number of para-hydroxylation sites is 1. The largest absolute Gasteiger partial charge is 0.379 e. The highest BCUT2D eigenvalue weighted by molar-refractivity contribution is 5.70. The zero-order valence-corrected chi connectivity index (χ0v) is 18.4. The van der Waals surface area contributed by atoms with Gasteiger partial charge in [0.1, 0.15) is 11.9 Å². The molecule has 4 rings (SSSR count). The minimum Gasteiger partial charge on any atom is -0.379 e.